The van der Waals surface area contributed by atoms with E-state index in [0.717, 1.165) is 18.7 Å². The summed E-state index contributed by atoms with van der Waals surface area (Å²) in [5, 5.41) is 8.86. The topological polar surface area (TPSA) is 39.9 Å². The maximum Gasteiger partial charge on any atom is 0.123 e. The standard InChI is InChI=1S/C26H32FN3/c27-20-12-9-18(10-13-20)16-28-17-19-11-14-24-23(15-19)22-7-4-8-25(26(22)30-24)29-21-5-2-1-3-6-21/h9-15,21,25,28-30H,1-8,16-17H2. The molecule has 1 heterocycles. The molecule has 30 heavy (non-hydrogen) atoms. The van der Waals surface area contributed by atoms with Crippen LogP contribution < -0.4 is 10.6 Å². The van der Waals surface area contributed by atoms with Crippen molar-refractivity contribution < 1.29 is 4.39 Å². The lowest BCUT2D eigenvalue weighted by Gasteiger charge is -2.31. The van der Waals surface area contributed by atoms with Gasteiger partial charge in [0, 0.05) is 41.8 Å². The second kappa shape index (κ2) is 8.91. The van der Waals surface area contributed by atoms with E-state index in [1.807, 2.05) is 12.1 Å². The van der Waals surface area contributed by atoms with E-state index in [2.05, 4.69) is 33.8 Å². The quantitative estimate of drug-likeness (QED) is 0.478. The van der Waals surface area contributed by atoms with Crippen molar-refractivity contribution in [2.24, 2.45) is 0 Å². The first kappa shape index (κ1) is 19.8. The lowest BCUT2D eigenvalue weighted by molar-refractivity contribution is 0.318. The summed E-state index contributed by atoms with van der Waals surface area (Å²) < 4.78 is 13.1. The van der Waals surface area contributed by atoms with Gasteiger partial charge in [-0.05, 0) is 73.1 Å². The van der Waals surface area contributed by atoms with Crippen molar-refractivity contribution in [1.29, 1.82) is 0 Å². The minimum atomic E-state index is -0.183. The monoisotopic (exact) mass is 405 g/mol. The number of aromatic nitrogens is 1. The summed E-state index contributed by atoms with van der Waals surface area (Å²) in [5.74, 6) is -0.183. The van der Waals surface area contributed by atoms with Crippen LogP contribution in [0.15, 0.2) is 42.5 Å². The molecule has 2 aromatic carbocycles. The minimum absolute atomic E-state index is 0.183. The number of H-pyrrole nitrogens is 1. The molecule has 1 unspecified atom stereocenters. The molecule has 0 spiro atoms. The molecule has 3 N–H and O–H groups in total. The van der Waals surface area contributed by atoms with Crippen LogP contribution in [-0.4, -0.2) is 11.0 Å². The van der Waals surface area contributed by atoms with E-state index in [0.29, 0.717) is 12.1 Å². The highest BCUT2D eigenvalue weighted by atomic mass is 19.1. The molecule has 0 bridgehead atoms. The van der Waals surface area contributed by atoms with Gasteiger partial charge in [0.15, 0.2) is 0 Å². The molecule has 2 aliphatic carbocycles. The highest BCUT2D eigenvalue weighted by Crippen LogP contribution is 2.36. The predicted molar refractivity (Wildman–Crippen MR) is 121 cm³/mol. The highest BCUT2D eigenvalue weighted by molar-refractivity contribution is 5.85. The van der Waals surface area contributed by atoms with Gasteiger partial charge in [-0.1, -0.05) is 37.5 Å². The van der Waals surface area contributed by atoms with E-state index in [4.69, 9.17) is 0 Å². The van der Waals surface area contributed by atoms with E-state index >= 15 is 0 Å². The van der Waals surface area contributed by atoms with Crippen LogP contribution in [0.2, 0.25) is 0 Å². The lowest BCUT2D eigenvalue weighted by Crippen LogP contribution is -2.36. The number of nitrogens with one attached hydrogen (secondary N) is 3. The molecule has 1 fully saturated rings. The zero-order valence-electron chi connectivity index (χ0n) is 17.6. The lowest BCUT2D eigenvalue weighted by atomic mass is 9.89. The van der Waals surface area contributed by atoms with Gasteiger partial charge in [0.2, 0.25) is 0 Å². The summed E-state index contributed by atoms with van der Waals surface area (Å²) >= 11 is 0. The summed E-state index contributed by atoms with van der Waals surface area (Å²) in [4.78, 5) is 3.75. The Hall–Kier alpha value is -2.17. The van der Waals surface area contributed by atoms with Crippen LogP contribution in [-0.2, 0) is 19.5 Å². The van der Waals surface area contributed by atoms with Gasteiger partial charge >= 0.3 is 0 Å². The first-order valence-corrected chi connectivity index (χ1v) is 11.6. The van der Waals surface area contributed by atoms with Gasteiger partial charge in [0.1, 0.15) is 5.82 Å². The van der Waals surface area contributed by atoms with E-state index in [-0.39, 0.29) is 5.82 Å². The van der Waals surface area contributed by atoms with Crippen LogP contribution in [0.3, 0.4) is 0 Å². The van der Waals surface area contributed by atoms with Crippen LogP contribution in [0, 0.1) is 5.82 Å². The summed E-state index contributed by atoms with van der Waals surface area (Å²) in [6.45, 7) is 1.56. The van der Waals surface area contributed by atoms with Gasteiger partial charge in [-0.2, -0.15) is 0 Å². The Balaban J connectivity index is 1.29. The summed E-state index contributed by atoms with van der Waals surface area (Å²) in [5.41, 5.74) is 6.62. The number of halogens is 1. The molecule has 3 aromatic rings. The first-order valence-electron chi connectivity index (χ1n) is 11.6. The number of fused-ring (bicyclic) bond motifs is 3. The molecule has 3 nitrogen and oxygen atoms in total. The molecular weight excluding hydrogens is 373 g/mol. The van der Waals surface area contributed by atoms with Gasteiger partial charge < -0.3 is 15.6 Å². The van der Waals surface area contributed by atoms with E-state index < -0.39 is 0 Å². The minimum Gasteiger partial charge on any atom is -0.357 e. The van der Waals surface area contributed by atoms with E-state index in [9.17, 15) is 4.39 Å². The SMILES string of the molecule is Fc1ccc(CNCc2ccc3[nH]c4c(c3c2)CCCC4NC2CCCCC2)cc1. The fourth-order valence-corrected chi connectivity index (χ4v) is 5.29. The normalized spacial score (nSPS) is 19.8. The predicted octanol–water partition coefficient (Wildman–Crippen LogP) is 5.90. The van der Waals surface area contributed by atoms with Gasteiger partial charge in [0.05, 0.1) is 0 Å². The van der Waals surface area contributed by atoms with Crippen molar-refractivity contribution in [2.75, 3.05) is 0 Å². The van der Waals surface area contributed by atoms with Crippen LogP contribution in [0.4, 0.5) is 4.39 Å². The molecule has 5 rings (SSSR count). The summed E-state index contributed by atoms with van der Waals surface area (Å²) in [6, 6.07) is 14.7. The van der Waals surface area contributed by atoms with Crippen molar-refractivity contribution in [2.45, 2.75) is 76.5 Å². The van der Waals surface area contributed by atoms with Crippen LogP contribution in [0.5, 0.6) is 0 Å². The molecule has 158 valence electrons. The van der Waals surface area contributed by atoms with Crippen LogP contribution in [0.1, 0.15) is 73.4 Å². The largest absolute Gasteiger partial charge is 0.357 e. The molecule has 4 heteroatoms. The molecule has 0 saturated heterocycles. The molecule has 1 aromatic heterocycles. The Morgan fingerprint density at radius 2 is 1.63 bits per heavy atom. The number of benzene rings is 2. The zero-order valence-corrected chi connectivity index (χ0v) is 17.6. The fourth-order valence-electron chi connectivity index (χ4n) is 5.29. The van der Waals surface area contributed by atoms with Crippen molar-refractivity contribution >= 4 is 10.9 Å². The van der Waals surface area contributed by atoms with Crippen molar-refractivity contribution in [3.05, 3.63) is 70.7 Å². The Morgan fingerprint density at radius 1 is 0.867 bits per heavy atom. The molecule has 1 saturated carbocycles. The number of aryl methyl sites for hydroxylation is 1. The van der Waals surface area contributed by atoms with Gasteiger partial charge in [0.25, 0.3) is 0 Å². The molecule has 1 atom stereocenters. The van der Waals surface area contributed by atoms with Crippen LogP contribution >= 0.6 is 0 Å². The average molecular weight is 406 g/mol. The van der Waals surface area contributed by atoms with Gasteiger partial charge in [-0.25, -0.2) is 4.39 Å². The third-order valence-electron chi connectivity index (χ3n) is 6.89. The third-order valence-corrected chi connectivity index (χ3v) is 6.89. The maximum atomic E-state index is 13.1. The van der Waals surface area contributed by atoms with E-state index in [1.165, 1.54) is 91.2 Å². The number of hydrogen-bond acceptors (Lipinski definition) is 2. The van der Waals surface area contributed by atoms with Crippen LogP contribution in [0.25, 0.3) is 10.9 Å². The Bertz CT molecular complexity index is 985. The average Bonchev–Trinajstić information content (AvgIpc) is 3.15. The Morgan fingerprint density at radius 3 is 2.47 bits per heavy atom. The smallest absolute Gasteiger partial charge is 0.123 e. The number of aromatic amines is 1. The Labute approximate surface area is 178 Å². The van der Waals surface area contributed by atoms with Crippen molar-refractivity contribution in [3.63, 3.8) is 0 Å². The molecular formula is C26H32FN3. The Kier molecular flexibility index (Phi) is 5.87. The number of hydrogen-bond donors (Lipinski definition) is 3. The second-order valence-electron chi connectivity index (χ2n) is 9.07. The highest BCUT2D eigenvalue weighted by Gasteiger charge is 2.26. The molecule has 0 aliphatic heterocycles. The molecule has 0 radical (unpaired) electrons. The van der Waals surface area contributed by atoms with Gasteiger partial charge in [-0.15, -0.1) is 0 Å². The first-order chi connectivity index (χ1) is 14.8. The fraction of sp³-hybridized carbons (Fsp3) is 0.462. The summed E-state index contributed by atoms with van der Waals surface area (Å²) in [7, 11) is 0. The zero-order chi connectivity index (χ0) is 20.3. The maximum absolute atomic E-state index is 13.1. The summed E-state index contributed by atoms with van der Waals surface area (Å²) in [6.07, 6.45) is 10.5. The third kappa shape index (κ3) is 4.30. The van der Waals surface area contributed by atoms with Crippen molar-refractivity contribution in [3.8, 4) is 0 Å². The van der Waals surface area contributed by atoms with Crippen molar-refractivity contribution in [1.82, 2.24) is 15.6 Å². The molecule has 0 amide bonds. The molecule has 2 aliphatic rings. The van der Waals surface area contributed by atoms with Gasteiger partial charge in [-0.3, -0.25) is 0 Å². The number of rotatable bonds is 6. The second-order valence-corrected chi connectivity index (χ2v) is 9.07. The van der Waals surface area contributed by atoms with E-state index in [1.54, 1.807) is 0 Å².